The van der Waals surface area contributed by atoms with E-state index in [1.165, 1.54) is 0 Å². The Morgan fingerprint density at radius 3 is 2.52 bits per heavy atom. The van der Waals surface area contributed by atoms with E-state index in [9.17, 15) is 4.79 Å². The Morgan fingerprint density at radius 1 is 1.07 bits per heavy atom. The highest BCUT2D eigenvalue weighted by molar-refractivity contribution is 7.98. The third-order valence-corrected chi connectivity index (χ3v) is 6.30. The monoisotopic (exact) mass is 425 g/mol. The fraction of sp³-hybridized carbons (Fsp3) is 0.174. The first kappa shape index (κ1) is 19.7. The van der Waals surface area contributed by atoms with Crippen molar-refractivity contribution in [2.75, 3.05) is 13.7 Å². The fourth-order valence-electron chi connectivity index (χ4n) is 3.48. The van der Waals surface area contributed by atoms with E-state index in [0.717, 1.165) is 38.0 Å². The van der Waals surface area contributed by atoms with Gasteiger partial charge in [-0.1, -0.05) is 48.0 Å². The number of benzene rings is 3. The van der Waals surface area contributed by atoms with Gasteiger partial charge in [-0.15, -0.1) is 11.8 Å². The number of esters is 1. The van der Waals surface area contributed by atoms with Gasteiger partial charge >= 0.3 is 5.97 Å². The second-order valence-electron chi connectivity index (χ2n) is 6.47. The van der Waals surface area contributed by atoms with Gasteiger partial charge in [0, 0.05) is 32.5 Å². The summed E-state index contributed by atoms with van der Waals surface area (Å²) >= 11 is 7.88. The number of aromatic nitrogens is 1. The van der Waals surface area contributed by atoms with Crippen LogP contribution in [0.3, 0.4) is 0 Å². The van der Waals surface area contributed by atoms with Crippen LogP contribution in [-0.4, -0.2) is 24.7 Å². The SMILES string of the molecule is CCOC(=O)c1c(CSc2ccccc2Cl)[nH]c2c1cc(OC)c1ccccc12. The number of methoxy groups -OCH3 is 1. The van der Waals surface area contributed by atoms with Gasteiger partial charge in [0.2, 0.25) is 0 Å². The van der Waals surface area contributed by atoms with Crippen LogP contribution in [0.25, 0.3) is 21.7 Å². The summed E-state index contributed by atoms with van der Waals surface area (Å²) in [6, 6.07) is 17.6. The van der Waals surface area contributed by atoms with Gasteiger partial charge < -0.3 is 14.5 Å². The number of H-pyrrole nitrogens is 1. The van der Waals surface area contributed by atoms with Crippen LogP contribution in [0.2, 0.25) is 5.02 Å². The first-order valence-corrected chi connectivity index (χ1v) is 10.6. The molecule has 0 spiro atoms. The number of carbonyl (C=O) groups excluding carboxylic acids is 1. The van der Waals surface area contributed by atoms with Gasteiger partial charge in [0.25, 0.3) is 0 Å². The molecule has 1 aromatic heterocycles. The maximum Gasteiger partial charge on any atom is 0.340 e. The Hall–Kier alpha value is -2.63. The first-order chi connectivity index (χ1) is 14.1. The van der Waals surface area contributed by atoms with E-state index in [2.05, 4.69) is 4.98 Å². The summed E-state index contributed by atoms with van der Waals surface area (Å²) < 4.78 is 11.0. The zero-order valence-corrected chi connectivity index (χ0v) is 17.7. The summed E-state index contributed by atoms with van der Waals surface area (Å²) in [6.07, 6.45) is 0. The number of thioether (sulfide) groups is 1. The Bertz CT molecular complexity index is 1200. The van der Waals surface area contributed by atoms with Gasteiger partial charge in [0.1, 0.15) is 5.75 Å². The molecule has 4 aromatic rings. The highest BCUT2D eigenvalue weighted by Gasteiger charge is 2.22. The molecule has 0 aliphatic heterocycles. The summed E-state index contributed by atoms with van der Waals surface area (Å²) in [7, 11) is 1.64. The Morgan fingerprint density at radius 2 is 1.79 bits per heavy atom. The Kier molecular flexibility index (Phi) is 5.69. The minimum Gasteiger partial charge on any atom is -0.496 e. The number of hydrogen-bond acceptors (Lipinski definition) is 4. The lowest BCUT2D eigenvalue weighted by Gasteiger charge is -2.08. The standard InChI is InChI=1S/C23H20ClNO3S/c1-3-28-23(26)21-16-12-19(27-2)14-8-4-5-9-15(14)22(16)25-18(21)13-29-20-11-7-6-10-17(20)24/h4-12,25H,3,13H2,1-2H3. The molecule has 4 nitrogen and oxygen atoms in total. The lowest BCUT2D eigenvalue weighted by molar-refractivity contribution is 0.0528. The molecule has 1 N–H and O–H groups in total. The normalized spacial score (nSPS) is 11.1. The topological polar surface area (TPSA) is 51.3 Å². The van der Waals surface area contributed by atoms with Crippen molar-refractivity contribution in [3.8, 4) is 5.75 Å². The number of fused-ring (bicyclic) bond motifs is 3. The van der Waals surface area contributed by atoms with E-state index in [-0.39, 0.29) is 5.97 Å². The molecule has 0 saturated carbocycles. The number of carbonyl (C=O) groups is 1. The maximum absolute atomic E-state index is 12.8. The molecule has 0 radical (unpaired) electrons. The van der Waals surface area contributed by atoms with Crippen LogP contribution in [0.1, 0.15) is 23.0 Å². The van der Waals surface area contributed by atoms with E-state index in [1.807, 2.05) is 54.6 Å². The van der Waals surface area contributed by atoms with E-state index < -0.39 is 0 Å². The van der Waals surface area contributed by atoms with Gasteiger partial charge in [-0.2, -0.15) is 0 Å². The van der Waals surface area contributed by atoms with Crippen molar-refractivity contribution in [1.29, 1.82) is 0 Å². The fourth-order valence-corrected chi connectivity index (χ4v) is 4.67. The van der Waals surface area contributed by atoms with Crippen LogP contribution in [-0.2, 0) is 10.5 Å². The summed E-state index contributed by atoms with van der Waals surface area (Å²) in [5.74, 6) is 0.942. The maximum atomic E-state index is 12.8. The minimum absolute atomic E-state index is 0.313. The average molecular weight is 426 g/mol. The zero-order chi connectivity index (χ0) is 20.4. The van der Waals surface area contributed by atoms with E-state index >= 15 is 0 Å². The van der Waals surface area contributed by atoms with Gasteiger partial charge in [-0.3, -0.25) is 0 Å². The second kappa shape index (κ2) is 8.39. The molecule has 0 unspecified atom stereocenters. The van der Waals surface area contributed by atoms with Crippen molar-refractivity contribution in [3.63, 3.8) is 0 Å². The van der Waals surface area contributed by atoms with Crippen LogP contribution >= 0.6 is 23.4 Å². The average Bonchev–Trinajstić information content (AvgIpc) is 3.11. The summed E-state index contributed by atoms with van der Waals surface area (Å²) in [4.78, 5) is 17.3. The third-order valence-electron chi connectivity index (χ3n) is 4.76. The predicted molar refractivity (Wildman–Crippen MR) is 119 cm³/mol. The number of aromatic amines is 1. The molecule has 0 aliphatic rings. The molecule has 1 heterocycles. The van der Waals surface area contributed by atoms with Crippen molar-refractivity contribution in [3.05, 3.63) is 70.9 Å². The third kappa shape index (κ3) is 3.68. The number of nitrogens with one attached hydrogen (secondary N) is 1. The van der Waals surface area contributed by atoms with E-state index in [1.54, 1.807) is 25.8 Å². The van der Waals surface area contributed by atoms with Gasteiger partial charge in [0.05, 0.1) is 29.8 Å². The number of rotatable bonds is 6. The summed E-state index contributed by atoms with van der Waals surface area (Å²) in [6.45, 7) is 2.12. The highest BCUT2D eigenvalue weighted by Crippen LogP contribution is 2.38. The molecule has 4 rings (SSSR count). The largest absolute Gasteiger partial charge is 0.496 e. The molecule has 6 heteroatoms. The van der Waals surface area contributed by atoms with Gasteiger partial charge in [-0.05, 0) is 25.1 Å². The van der Waals surface area contributed by atoms with Crippen molar-refractivity contribution in [2.45, 2.75) is 17.6 Å². The predicted octanol–water partition coefficient (Wildman–Crippen LogP) is 6.45. The van der Waals surface area contributed by atoms with Crippen LogP contribution in [0, 0.1) is 0 Å². The van der Waals surface area contributed by atoms with E-state index in [0.29, 0.717) is 22.9 Å². The molecule has 0 amide bonds. The van der Waals surface area contributed by atoms with Crippen molar-refractivity contribution < 1.29 is 14.3 Å². The molecule has 0 bridgehead atoms. The van der Waals surface area contributed by atoms with Crippen molar-refractivity contribution in [2.24, 2.45) is 0 Å². The Labute approximate surface area is 178 Å². The molecule has 3 aromatic carbocycles. The minimum atomic E-state index is -0.342. The second-order valence-corrected chi connectivity index (χ2v) is 7.89. The summed E-state index contributed by atoms with van der Waals surface area (Å²) in [5, 5.41) is 3.48. The van der Waals surface area contributed by atoms with Crippen LogP contribution in [0.4, 0.5) is 0 Å². The number of halogens is 1. The molecular formula is C23H20ClNO3S. The molecule has 0 aliphatic carbocycles. The highest BCUT2D eigenvalue weighted by atomic mass is 35.5. The van der Waals surface area contributed by atoms with Crippen molar-refractivity contribution >= 4 is 51.0 Å². The van der Waals surface area contributed by atoms with Crippen LogP contribution < -0.4 is 4.74 Å². The molecule has 0 fully saturated rings. The van der Waals surface area contributed by atoms with Crippen LogP contribution in [0.15, 0.2) is 59.5 Å². The number of hydrogen-bond donors (Lipinski definition) is 1. The lowest BCUT2D eigenvalue weighted by atomic mass is 10.0. The molecule has 0 atom stereocenters. The quantitative estimate of drug-likeness (QED) is 0.285. The lowest BCUT2D eigenvalue weighted by Crippen LogP contribution is -2.06. The zero-order valence-electron chi connectivity index (χ0n) is 16.1. The molecule has 29 heavy (non-hydrogen) atoms. The molecule has 148 valence electrons. The Balaban J connectivity index is 1.88. The van der Waals surface area contributed by atoms with Gasteiger partial charge in [0.15, 0.2) is 0 Å². The van der Waals surface area contributed by atoms with E-state index in [4.69, 9.17) is 21.1 Å². The van der Waals surface area contributed by atoms with Crippen LogP contribution in [0.5, 0.6) is 5.75 Å². The first-order valence-electron chi connectivity index (χ1n) is 9.28. The molecular weight excluding hydrogens is 406 g/mol. The smallest absolute Gasteiger partial charge is 0.340 e. The van der Waals surface area contributed by atoms with Gasteiger partial charge in [-0.25, -0.2) is 4.79 Å². The molecule has 0 saturated heterocycles. The number of ether oxygens (including phenoxy) is 2. The van der Waals surface area contributed by atoms with Crippen molar-refractivity contribution in [1.82, 2.24) is 4.98 Å². The summed E-state index contributed by atoms with van der Waals surface area (Å²) in [5.41, 5.74) is 2.26.